The molecular weight excluding hydrogens is 332 g/mol. The summed E-state index contributed by atoms with van der Waals surface area (Å²) >= 11 is 0. The van der Waals surface area contributed by atoms with Crippen molar-refractivity contribution < 1.29 is 14.8 Å². The van der Waals surface area contributed by atoms with E-state index in [-0.39, 0.29) is 24.1 Å². The Kier molecular flexibility index (Phi) is 5.14. The number of rotatable bonds is 2. The van der Waals surface area contributed by atoms with Gasteiger partial charge >= 0.3 is 0 Å². The van der Waals surface area contributed by atoms with E-state index in [0.29, 0.717) is 23.4 Å². The number of aliphatic hydroxyl groups is 1. The Labute approximate surface area is 148 Å². The van der Waals surface area contributed by atoms with Crippen LogP contribution in [0.3, 0.4) is 0 Å². The monoisotopic (exact) mass is 356 g/mol. The highest BCUT2D eigenvalue weighted by Crippen LogP contribution is 2.47. The fraction of sp³-hybridized carbons (Fsp3) is 0.647. The minimum absolute atomic E-state index is 0. The van der Waals surface area contributed by atoms with Crippen molar-refractivity contribution in [2.24, 2.45) is 0 Å². The molecule has 4 atom stereocenters. The summed E-state index contributed by atoms with van der Waals surface area (Å²) in [4.78, 5) is 13.0. The summed E-state index contributed by atoms with van der Waals surface area (Å²) in [6.07, 6.45) is 1.38. The number of hydrogen-bond acceptors (Lipinski definition) is 5. The van der Waals surface area contributed by atoms with Crippen molar-refractivity contribution in [3.8, 4) is 5.75 Å². The van der Waals surface area contributed by atoms with E-state index in [9.17, 15) is 15.2 Å². The topological polar surface area (TPSA) is 75.8 Å². The minimum atomic E-state index is -0.750. The van der Waals surface area contributed by atoms with Crippen molar-refractivity contribution in [1.29, 1.82) is 0 Å². The van der Waals surface area contributed by atoms with Crippen LogP contribution in [0, 0.1) is 10.1 Å². The number of ether oxygens (including phenoxy) is 1. The summed E-state index contributed by atoms with van der Waals surface area (Å²) < 4.78 is 5.93. The van der Waals surface area contributed by atoms with Crippen LogP contribution in [0.4, 0.5) is 5.69 Å². The predicted octanol–water partition coefficient (Wildman–Crippen LogP) is 3.46. The zero-order valence-corrected chi connectivity index (χ0v) is 15.2. The highest BCUT2D eigenvalue weighted by Gasteiger charge is 2.49. The first-order valence-electron chi connectivity index (χ1n) is 8.15. The van der Waals surface area contributed by atoms with Crippen molar-refractivity contribution in [2.75, 3.05) is 0 Å². The van der Waals surface area contributed by atoms with Crippen LogP contribution >= 0.6 is 12.4 Å². The predicted molar refractivity (Wildman–Crippen MR) is 93.8 cm³/mol. The second-order valence-electron chi connectivity index (χ2n) is 7.30. The lowest BCUT2D eigenvalue weighted by Crippen LogP contribution is -2.55. The van der Waals surface area contributed by atoms with Crippen LogP contribution in [0.25, 0.3) is 0 Å². The molecule has 2 aliphatic rings. The molecular formula is C17H25ClN2O4. The SMILES string of the molecule is CC1CCC(C)N1[C@H]1c2cc([N+](=O)[O-])ccc2OC(C)(C)[C@@H]1O.Cl. The van der Waals surface area contributed by atoms with Crippen molar-refractivity contribution in [2.45, 2.75) is 70.4 Å². The van der Waals surface area contributed by atoms with Crippen molar-refractivity contribution in [1.82, 2.24) is 4.90 Å². The molecule has 1 aromatic carbocycles. The summed E-state index contributed by atoms with van der Waals surface area (Å²) in [7, 11) is 0. The molecule has 6 nitrogen and oxygen atoms in total. The molecule has 0 bridgehead atoms. The molecule has 2 heterocycles. The number of likely N-dealkylation sites (tertiary alicyclic amines) is 1. The van der Waals surface area contributed by atoms with Crippen LogP contribution in [0.15, 0.2) is 18.2 Å². The fourth-order valence-electron chi connectivity index (χ4n) is 3.95. The smallest absolute Gasteiger partial charge is 0.270 e. The van der Waals surface area contributed by atoms with Crippen molar-refractivity contribution in [3.05, 3.63) is 33.9 Å². The van der Waals surface area contributed by atoms with Gasteiger partial charge in [0.2, 0.25) is 0 Å². The lowest BCUT2D eigenvalue weighted by molar-refractivity contribution is -0.385. The van der Waals surface area contributed by atoms with E-state index in [1.165, 1.54) is 6.07 Å². The first kappa shape index (κ1) is 19.0. The highest BCUT2D eigenvalue weighted by molar-refractivity contribution is 5.85. The molecule has 134 valence electrons. The van der Waals surface area contributed by atoms with E-state index in [1.54, 1.807) is 12.1 Å². The van der Waals surface area contributed by atoms with Crippen LogP contribution in [-0.2, 0) is 0 Å². The number of benzene rings is 1. The molecule has 1 fully saturated rings. The molecule has 0 aromatic heterocycles. The molecule has 7 heteroatoms. The zero-order chi connectivity index (χ0) is 16.9. The third kappa shape index (κ3) is 2.98. The lowest BCUT2D eigenvalue weighted by atomic mass is 9.84. The number of fused-ring (bicyclic) bond motifs is 1. The van der Waals surface area contributed by atoms with Gasteiger partial charge in [-0.2, -0.15) is 0 Å². The van der Waals surface area contributed by atoms with Crippen LogP contribution in [0.2, 0.25) is 0 Å². The molecule has 0 saturated carbocycles. The van der Waals surface area contributed by atoms with Gasteiger partial charge in [-0.3, -0.25) is 15.0 Å². The largest absolute Gasteiger partial charge is 0.485 e. The Bertz CT molecular complexity index is 627. The maximum atomic E-state index is 11.1. The van der Waals surface area contributed by atoms with Crippen molar-refractivity contribution in [3.63, 3.8) is 0 Å². The number of nitrogens with zero attached hydrogens (tertiary/aromatic N) is 2. The molecule has 1 aromatic rings. The number of aliphatic hydroxyl groups excluding tert-OH is 1. The first-order chi connectivity index (χ1) is 10.7. The molecule has 0 amide bonds. The van der Waals surface area contributed by atoms with Crippen LogP contribution in [-0.4, -0.2) is 38.7 Å². The Morgan fingerprint density at radius 3 is 2.42 bits per heavy atom. The number of nitro benzene ring substituents is 1. The minimum Gasteiger partial charge on any atom is -0.485 e. The van der Waals surface area contributed by atoms with E-state index in [4.69, 9.17) is 4.74 Å². The van der Waals surface area contributed by atoms with E-state index < -0.39 is 16.6 Å². The Balaban J connectivity index is 0.00000208. The molecule has 3 rings (SSSR count). The van der Waals surface area contributed by atoms with E-state index in [1.807, 2.05) is 13.8 Å². The zero-order valence-electron chi connectivity index (χ0n) is 14.4. The summed E-state index contributed by atoms with van der Waals surface area (Å²) in [6, 6.07) is 5.02. The van der Waals surface area contributed by atoms with Gasteiger partial charge in [-0.15, -0.1) is 12.4 Å². The van der Waals surface area contributed by atoms with Gasteiger partial charge in [0, 0.05) is 29.8 Å². The normalized spacial score (nSPS) is 31.7. The second-order valence-corrected chi connectivity index (χ2v) is 7.30. The summed E-state index contributed by atoms with van der Waals surface area (Å²) in [5.41, 5.74) is 0.00548. The van der Waals surface area contributed by atoms with E-state index in [0.717, 1.165) is 12.8 Å². The second kappa shape index (κ2) is 6.50. The average molecular weight is 357 g/mol. The molecule has 0 aliphatic carbocycles. The van der Waals surface area contributed by atoms with Gasteiger partial charge in [-0.25, -0.2) is 0 Å². The molecule has 0 spiro atoms. The lowest BCUT2D eigenvalue weighted by Gasteiger charge is -2.47. The summed E-state index contributed by atoms with van der Waals surface area (Å²) in [6.45, 7) is 8.02. The number of halogens is 1. The third-order valence-corrected chi connectivity index (χ3v) is 5.25. The fourth-order valence-corrected chi connectivity index (χ4v) is 3.95. The summed E-state index contributed by atoms with van der Waals surface area (Å²) in [5, 5.41) is 22.1. The van der Waals surface area contributed by atoms with Gasteiger partial charge in [0.15, 0.2) is 0 Å². The standard InChI is InChI=1S/C17H24N2O4.ClH/c1-10-5-6-11(2)18(10)15-13-9-12(19(21)22)7-8-14(13)23-17(3,4)16(15)20;/h7-11,15-16,20H,5-6H2,1-4H3;1H/t10?,11?,15-,16+;/m0./s1. The van der Waals surface area contributed by atoms with Gasteiger partial charge in [0.1, 0.15) is 17.5 Å². The average Bonchev–Trinajstić information content (AvgIpc) is 2.79. The highest BCUT2D eigenvalue weighted by atomic mass is 35.5. The van der Waals surface area contributed by atoms with Gasteiger partial charge in [0.25, 0.3) is 5.69 Å². The van der Waals surface area contributed by atoms with Crippen LogP contribution in [0.5, 0.6) is 5.75 Å². The Morgan fingerprint density at radius 2 is 1.88 bits per heavy atom. The molecule has 0 radical (unpaired) electrons. The van der Waals surface area contributed by atoms with Gasteiger partial charge in [-0.1, -0.05) is 0 Å². The van der Waals surface area contributed by atoms with E-state index >= 15 is 0 Å². The maximum Gasteiger partial charge on any atom is 0.270 e. The maximum absolute atomic E-state index is 11.1. The molecule has 1 N–H and O–H groups in total. The Hall–Kier alpha value is -1.37. The number of non-ortho nitro benzene ring substituents is 1. The molecule has 2 aliphatic heterocycles. The van der Waals surface area contributed by atoms with Gasteiger partial charge in [0.05, 0.1) is 11.0 Å². The quantitative estimate of drug-likeness (QED) is 0.648. The third-order valence-electron chi connectivity index (χ3n) is 5.25. The molecule has 24 heavy (non-hydrogen) atoms. The van der Waals surface area contributed by atoms with E-state index in [2.05, 4.69) is 18.7 Å². The summed E-state index contributed by atoms with van der Waals surface area (Å²) in [5.74, 6) is 0.627. The molecule has 2 unspecified atom stereocenters. The van der Waals surface area contributed by atoms with Crippen LogP contribution in [0.1, 0.15) is 52.1 Å². The first-order valence-corrected chi connectivity index (χ1v) is 8.15. The van der Waals surface area contributed by atoms with Gasteiger partial charge < -0.3 is 9.84 Å². The number of nitro groups is 1. The Morgan fingerprint density at radius 1 is 1.29 bits per heavy atom. The van der Waals surface area contributed by atoms with Crippen LogP contribution < -0.4 is 4.74 Å². The number of hydrogen-bond donors (Lipinski definition) is 1. The van der Waals surface area contributed by atoms with Crippen molar-refractivity contribution >= 4 is 18.1 Å². The van der Waals surface area contributed by atoms with Gasteiger partial charge in [-0.05, 0) is 46.6 Å². The molecule has 1 saturated heterocycles.